The summed E-state index contributed by atoms with van der Waals surface area (Å²) in [5, 5.41) is 5.97. The molecule has 1 aliphatic heterocycles. The molecule has 0 saturated carbocycles. The van der Waals surface area contributed by atoms with Gasteiger partial charge in [-0.3, -0.25) is 4.79 Å². The lowest BCUT2D eigenvalue weighted by atomic mass is 10.2. The number of nitrogens with one attached hydrogen (secondary N) is 2. The van der Waals surface area contributed by atoms with Crippen LogP contribution in [-0.4, -0.2) is 38.3 Å². The van der Waals surface area contributed by atoms with Crippen molar-refractivity contribution in [2.45, 2.75) is 20.0 Å². The molecule has 0 bridgehead atoms. The molecule has 76 valence electrons. The molecule has 1 amide bonds. The minimum Gasteiger partial charge on any atom is -0.366 e. The molecule has 0 radical (unpaired) electrons. The number of amides is 1. The normalized spacial score (nSPS) is 23.2. The van der Waals surface area contributed by atoms with Gasteiger partial charge in [-0.15, -0.1) is 0 Å². The van der Waals surface area contributed by atoms with Crippen molar-refractivity contribution in [3.63, 3.8) is 0 Å². The molecular formula is C9H18N2O2. The van der Waals surface area contributed by atoms with Crippen molar-refractivity contribution in [3.05, 3.63) is 0 Å². The predicted molar refractivity (Wildman–Crippen MR) is 50.5 cm³/mol. The number of carbonyl (C=O) groups excluding carboxylic acids is 1. The number of rotatable bonds is 3. The van der Waals surface area contributed by atoms with E-state index in [1.165, 1.54) is 0 Å². The van der Waals surface area contributed by atoms with Gasteiger partial charge in [0.05, 0.1) is 6.61 Å². The highest BCUT2D eigenvalue weighted by atomic mass is 16.5. The molecule has 0 aromatic carbocycles. The summed E-state index contributed by atoms with van der Waals surface area (Å²) in [5.74, 6) is 0.487. The summed E-state index contributed by atoms with van der Waals surface area (Å²) in [5.41, 5.74) is 0. The molecule has 1 fully saturated rings. The fourth-order valence-corrected chi connectivity index (χ4v) is 1.15. The highest BCUT2D eigenvalue weighted by molar-refractivity contribution is 5.81. The molecule has 4 heteroatoms. The van der Waals surface area contributed by atoms with Crippen molar-refractivity contribution in [2.75, 3.05) is 26.2 Å². The van der Waals surface area contributed by atoms with E-state index in [0.717, 1.165) is 13.1 Å². The highest BCUT2D eigenvalue weighted by Crippen LogP contribution is 1.96. The predicted octanol–water partition coefficient (Wildman–Crippen LogP) is -0.253. The molecule has 1 aliphatic rings. The van der Waals surface area contributed by atoms with E-state index in [0.29, 0.717) is 19.1 Å². The molecule has 0 spiro atoms. The number of hydrogen-bond acceptors (Lipinski definition) is 3. The zero-order chi connectivity index (χ0) is 9.68. The third-order valence-electron chi connectivity index (χ3n) is 1.90. The highest BCUT2D eigenvalue weighted by Gasteiger charge is 2.21. The van der Waals surface area contributed by atoms with Crippen molar-refractivity contribution in [2.24, 2.45) is 5.92 Å². The zero-order valence-electron chi connectivity index (χ0n) is 8.30. The Balaban J connectivity index is 2.21. The molecule has 1 atom stereocenters. The van der Waals surface area contributed by atoms with E-state index < -0.39 is 0 Å². The van der Waals surface area contributed by atoms with Crippen LogP contribution in [0.5, 0.6) is 0 Å². The summed E-state index contributed by atoms with van der Waals surface area (Å²) >= 11 is 0. The third-order valence-corrected chi connectivity index (χ3v) is 1.90. The maximum Gasteiger partial charge on any atom is 0.250 e. The fourth-order valence-electron chi connectivity index (χ4n) is 1.15. The van der Waals surface area contributed by atoms with Crippen molar-refractivity contribution in [3.8, 4) is 0 Å². The Kier molecular flexibility index (Phi) is 4.18. The molecule has 1 saturated heterocycles. The second-order valence-electron chi connectivity index (χ2n) is 3.70. The van der Waals surface area contributed by atoms with Gasteiger partial charge in [-0.05, 0) is 5.92 Å². The monoisotopic (exact) mass is 186 g/mol. The number of carbonyl (C=O) groups is 1. The van der Waals surface area contributed by atoms with Gasteiger partial charge >= 0.3 is 0 Å². The Morgan fingerprint density at radius 3 is 3.00 bits per heavy atom. The molecule has 0 unspecified atom stereocenters. The van der Waals surface area contributed by atoms with Gasteiger partial charge in [0.2, 0.25) is 5.91 Å². The van der Waals surface area contributed by atoms with Crippen LogP contribution < -0.4 is 10.6 Å². The van der Waals surface area contributed by atoms with Crippen LogP contribution >= 0.6 is 0 Å². The van der Waals surface area contributed by atoms with Crippen LogP contribution in [0.3, 0.4) is 0 Å². The van der Waals surface area contributed by atoms with Gasteiger partial charge in [-0.25, -0.2) is 0 Å². The minimum atomic E-state index is -0.299. The van der Waals surface area contributed by atoms with E-state index in [2.05, 4.69) is 24.5 Å². The van der Waals surface area contributed by atoms with Crippen LogP contribution in [-0.2, 0) is 9.53 Å². The summed E-state index contributed by atoms with van der Waals surface area (Å²) in [6, 6.07) is 0. The van der Waals surface area contributed by atoms with Crippen LogP contribution in [0.2, 0.25) is 0 Å². The first-order valence-electron chi connectivity index (χ1n) is 4.80. The van der Waals surface area contributed by atoms with Crippen LogP contribution in [0, 0.1) is 5.92 Å². The van der Waals surface area contributed by atoms with E-state index in [9.17, 15) is 4.79 Å². The van der Waals surface area contributed by atoms with Crippen molar-refractivity contribution < 1.29 is 9.53 Å². The molecular weight excluding hydrogens is 168 g/mol. The second-order valence-corrected chi connectivity index (χ2v) is 3.70. The van der Waals surface area contributed by atoms with E-state index >= 15 is 0 Å². The topological polar surface area (TPSA) is 50.4 Å². The lowest BCUT2D eigenvalue weighted by Crippen LogP contribution is -2.48. The third kappa shape index (κ3) is 3.74. The average molecular weight is 186 g/mol. The molecule has 1 rings (SSSR count). The van der Waals surface area contributed by atoms with Gasteiger partial charge in [-0.2, -0.15) is 0 Å². The van der Waals surface area contributed by atoms with Crippen LogP contribution in [0.1, 0.15) is 13.8 Å². The number of morpholine rings is 1. The zero-order valence-corrected chi connectivity index (χ0v) is 8.30. The van der Waals surface area contributed by atoms with E-state index in [-0.39, 0.29) is 12.0 Å². The Morgan fingerprint density at radius 1 is 1.69 bits per heavy atom. The molecule has 2 N–H and O–H groups in total. The number of hydrogen-bond donors (Lipinski definition) is 2. The molecule has 1 heterocycles. The van der Waals surface area contributed by atoms with Gasteiger partial charge in [-0.1, -0.05) is 13.8 Å². The summed E-state index contributed by atoms with van der Waals surface area (Å²) in [6.45, 7) is 6.96. The molecule has 0 aromatic rings. The van der Waals surface area contributed by atoms with Gasteiger partial charge < -0.3 is 15.4 Å². The maximum absolute atomic E-state index is 11.4. The molecule has 0 aromatic heterocycles. The van der Waals surface area contributed by atoms with Gasteiger partial charge in [0, 0.05) is 19.6 Å². The summed E-state index contributed by atoms with van der Waals surface area (Å²) in [7, 11) is 0. The van der Waals surface area contributed by atoms with E-state index in [4.69, 9.17) is 4.74 Å². The van der Waals surface area contributed by atoms with Crippen molar-refractivity contribution in [1.29, 1.82) is 0 Å². The van der Waals surface area contributed by atoms with Gasteiger partial charge in [0.15, 0.2) is 0 Å². The number of ether oxygens (including phenoxy) is 1. The van der Waals surface area contributed by atoms with Crippen molar-refractivity contribution >= 4 is 5.91 Å². The first kappa shape index (κ1) is 10.5. The maximum atomic E-state index is 11.4. The van der Waals surface area contributed by atoms with E-state index in [1.807, 2.05) is 0 Å². The quantitative estimate of drug-likeness (QED) is 0.639. The smallest absolute Gasteiger partial charge is 0.250 e. The Hall–Kier alpha value is -0.610. The lowest BCUT2D eigenvalue weighted by Gasteiger charge is -2.23. The largest absolute Gasteiger partial charge is 0.366 e. The van der Waals surface area contributed by atoms with Crippen LogP contribution in [0.4, 0.5) is 0 Å². The SMILES string of the molecule is CC(C)CNC(=O)[C@H]1CNCCO1. The minimum absolute atomic E-state index is 0.000833. The average Bonchev–Trinajstić information content (AvgIpc) is 2.15. The standard InChI is InChI=1S/C9H18N2O2/c1-7(2)5-11-9(12)8-6-10-3-4-13-8/h7-8,10H,3-6H2,1-2H3,(H,11,12)/t8-/m1/s1. The van der Waals surface area contributed by atoms with E-state index in [1.54, 1.807) is 0 Å². The van der Waals surface area contributed by atoms with Crippen LogP contribution in [0.15, 0.2) is 0 Å². The molecule has 4 nitrogen and oxygen atoms in total. The van der Waals surface area contributed by atoms with Gasteiger partial charge in [0.25, 0.3) is 0 Å². The van der Waals surface area contributed by atoms with Gasteiger partial charge in [0.1, 0.15) is 6.10 Å². The van der Waals surface area contributed by atoms with Crippen LogP contribution in [0.25, 0.3) is 0 Å². The second kappa shape index (κ2) is 5.19. The summed E-state index contributed by atoms with van der Waals surface area (Å²) < 4.78 is 5.30. The van der Waals surface area contributed by atoms with Crippen molar-refractivity contribution in [1.82, 2.24) is 10.6 Å². The summed E-state index contributed by atoms with van der Waals surface area (Å²) in [6.07, 6.45) is -0.299. The Morgan fingerprint density at radius 2 is 2.46 bits per heavy atom. The first-order valence-corrected chi connectivity index (χ1v) is 4.80. The Bertz CT molecular complexity index is 165. The molecule has 13 heavy (non-hydrogen) atoms. The molecule has 0 aliphatic carbocycles. The lowest BCUT2D eigenvalue weighted by molar-refractivity contribution is -0.134. The summed E-state index contributed by atoms with van der Waals surface area (Å²) in [4.78, 5) is 11.4. The first-order chi connectivity index (χ1) is 6.20. The fraction of sp³-hybridized carbons (Fsp3) is 0.889. The Labute approximate surface area is 79.0 Å².